The molecule has 0 atom stereocenters. The molecule has 2 aliphatic heterocycles. The second-order valence-corrected chi connectivity index (χ2v) is 6.35. The monoisotopic (exact) mass is 347 g/mol. The van der Waals surface area contributed by atoms with Crippen LogP contribution in [0.3, 0.4) is 0 Å². The molecule has 3 N–H and O–H groups in total. The third-order valence-electron chi connectivity index (χ3n) is 4.62. The molecular formula is C17H21N3O5. The fraction of sp³-hybridized carbons (Fsp3) is 0.471. The van der Waals surface area contributed by atoms with Crippen LogP contribution >= 0.6 is 0 Å². The maximum Gasteiger partial charge on any atom is 0.321 e. The first-order valence-corrected chi connectivity index (χ1v) is 8.27. The molecule has 134 valence electrons. The summed E-state index contributed by atoms with van der Waals surface area (Å²) in [5.41, 5.74) is 0.367. The summed E-state index contributed by atoms with van der Waals surface area (Å²) in [7, 11) is 0. The molecule has 0 radical (unpaired) electrons. The largest absolute Gasteiger partial charge is 0.481 e. The fourth-order valence-corrected chi connectivity index (χ4v) is 3.22. The number of urea groups is 1. The molecule has 3 rings (SSSR count). The zero-order valence-corrected chi connectivity index (χ0v) is 13.8. The first kappa shape index (κ1) is 17.2. The van der Waals surface area contributed by atoms with Gasteiger partial charge in [0.25, 0.3) is 5.91 Å². The van der Waals surface area contributed by atoms with Gasteiger partial charge in [0.1, 0.15) is 0 Å². The van der Waals surface area contributed by atoms with E-state index in [1.165, 1.54) is 0 Å². The number of ether oxygens (including phenoxy) is 1. The van der Waals surface area contributed by atoms with Crippen molar-refractivity contribution < 1.29 is 24.2 Å². The average Bonchev–Trinajstić information content (AvgIpc) is 3.01. The van der Waals surface area contributed by atoms with Crippen LogP contribution < -0.4 is 15.5 Å². The van der Waals surface area contributed by atoms with E-state index in [2.05, 4.69) is 10.6 Å². The Labute approximate surface area is 145 Å². The Morgan fingerprint density at radius 3 is 2.48 bits per heavy atom. The number of anilines is 1. The highest BCUT2D eigenvalue weighted by atomic mass is 16.5. The van der Waals surface area contributed by atoms with Crippen molar-refractivity contribution in [3.63, 3.8) is 0 Å². The second kappa shape index (κ2) is 7.10. The van der Waals surface area contributed by atoms with Crippen LogP contribution in [-0.2, 0) is 9.53 Å². The van der Waals surface area contributed by atoms with Crippen LogP contribution in [0.25, 0.3) is 0 Å². The third kappa shape index (κ3) is 3.90. The number of hydrogen-bond acceptors (Lipinski definition) is 4. The minimum Gasteiger partial charge on any atom is -0.481 e. The fourth-order valence-electron chi connectivity index (χ4n) is 3.22. The molecule has 25 heavy (non-hydrogen) atoms. The van der Waals surface area contributed by atoms with Crippen molar-refractivity contribution in [1.29, 1.82) is 0 Å². The molecule has 0 bridgehead atoms. The molecule has 1 aromatic carbocycles. The standard InChI is InChI=1S/C17H21N3O5/c21-14(22)11-17(5-9-25-10-6-17)19-15(23)12-1-3-13(4-2-12)20-8-7-18-16(20)24/h1-4H,5-11H2,(H,18,24)(H,19,23)(H,21,22). The lowest BCUT2D eigenvalue weighted by molar-refractivity contribution is -0.139. The number of aliphatic carboxylic acids is 1. The van der Waals surface area contributed by atoms with Crippen LogP contribution in [-0.4, -0.2) is 54.9 Å². The number of benzene rings is 1. The third-order valence-corrected chi connectivity index (χ3v) is 4.62. The highest BCUT2D eigenvalue weighted by Crippen LogP contribution is 2.25. The predicted molar refractivity (Wildman–Crippen MR) is 89.7 cm³/mol. The highest BCUT2D eigenvalue weighted by Gasteiger charge is 2.36. The van der Waals surface area contributed by atoms with Gasteiger partial charge in [-0.05, 0) is 37.1 Å². The van der Waals surface area contributed by atoms with Crippen LogP contribution in [0.5, 0.6) is 0 Å². The number of carbonyl (C=O) groups is 3. The first-order chi connectivity index (χ1) is 12.0. The highest BCUT2D eigenvalue weighted by molar-refractivity contribution is 5.97. The Bertz CT molecular complexity index is 667. The van der Waals surface area contributed by atoms with Crippen LogP contribution in [0.1, 0.15) is 29.6 Å². The van der Waals surface area contributed by atoms with Gasteiger partial charge in [-0.1, -0.05) is 0 Å². The number of amides is 3. The summed E-state index contributed by atoms with van der Waals surface area (Å²) in [6.07, 6.45) is 0.808. The Morgan fingerprint density at radius 1 is 1.24 bits per heavy atom. The van der Waals surface area contributed by atoms with Crippen LogP contribution in [0, 0.1) is 0 Å². The number of carbonyl (C=O) groups excluding carboxylic acids is 2. The van der Waals surface area contributed by atoms with Gasteiger partial charge in [0.15, 0.2) is 0 Å². The molecule has 3 amide bonds. The molecule has 2 aliphatic rings. The molecule has 8 heteroatoms. The van der Waals surface area contributed by atoms with Crippen molar-refractivity contribution in [1.82, 2.24) is 10.6 Å². The summed E-state index contributed by atoms with van der Waals surface area (Å²) >= 11 is 0. The van der Waals surface area contributed by atoms with Crippen LogP contribution in [0.4, 0.5) is 10.5 Å². The molecule has 0 spiro atoms. The van der Waals surface area contributed by atoms with E-state index in [0.29, 0.717) is 44.7 Å². The van der Waals surface area contributed by atoms with E-state index in [1.54, 1.807) is 29.2 Å². The Hall–Kier alpha value is -2.61. The van der Waals surface area contributed by atoms with Gasteiger partial charge in [-0.15, -0.1) is 0 Å². The minimum absolute atomic E-state index is 0.131. The molecule has 0 aromatic heterocycles. The summed E-state index contributed by atoms with van der Waals surface area (Å²) in [4.78, 5) is 37.0. The first-order valence-electron chi connectivity index (χ1n) is 8.27. The summed E-state index contributed by atoms with van der Waals surface area (Å²) in [5.74, 6) is -1.27. The number of hydrogen-bond donors (Lipinski definition) is 3. The van der Waals surface area contributed by atoms with E-state index >= 15 is 0 Å². The van der Waals surface area contributed by atoms with E-state index in [-0.39, 0.29) is 18.4 Å². The number of nitrogens with one attached hydrogen (secondary N) is 2. The van der Waals surface area contributed by atoms with Crippen LogP contribution in [0.2, 0.25) is 0 Å². The topological polar surface area (TPSA) is 108 Å². The smallest absolute Gasteiger partial charge is 0.321 e. The zero-order valence-electron chi connectivity index (χ0n) is 13.8. The molecule has 2 saturated heterocycles. The molecule has 2 heterocycles. The van der Waals surface area contributed by atoms with Gasteiger partial charge in [0, 0.05) is 37.6 Å². The lowest BCUT2D eigenvalue weighted by Crippen LogP contribution is -2.53. The lowest BCUT2D eigenvalue weighted by Gasteiger charge is -2.36. The summed E-state index contributed by atoms with van der Waals surface area (Å²) in [5, 5.41) is 14.8. The number of carboxylic acid groups (broad SMARTS) is 1. The van der Waals surface area contributed by atoms with E-state index < -0.39 is 11.5 Å². The Kier molecular flexibility index (Phi) is 4.89. The summed E-state index contributed by atoms with van der Waals surface area (Å²) in [6, 6.07) is 6.56. The van der Waals surface area contributed by atoms with Gasteiger partial charge in [-0.2, -0.15) is 0 Å². The molecular weight excluding hydrogens is 326 g/mol. The number of rotatable bonds is 5. The summed E-state index contributed by atoms with van der Waals surface area (Å²) in [6.45, 7) is 2.04. The van der Waals surface area contributed by atoms with E-state index in [1.807, 2.05) is 0 Å². The SMILES string of the molecule is O=C(O)CC1(NC(=O)c2ccc(N3CCNC3=O)cc2)CCOCC1. The molecule has 8 nitrogen and oxygen atoms in total. The maximum absolute atomic E-state index is 12.6. The van der Waals surface area contributed by atoms with Crippen molar-refractivity contribution in [3.05, 3.63) is 29.8 Å². The second-order valence-electron chi connectivity index (χ2n) is 6.35. The molecule has 2 fully saturated rings. The Balaban J connectivity index is 1.71. The van der Waals surface area contributed by atoms with Crippen molar-refractivity contribution in [2.45, 2.75) is 24.8 Å². The molecule has 0 aliphatic carbocycles. The van der Waals surface area contributed by atoms with Gasteiger partial charge in [-0.3, -0.25) is 14.5 Å². The van der Waals surface area contributed by atoms with Gasteiger partial charge in [-0.25, -0.2) is 4.79 Å². The van der Waals surface area contributed by atoms with Crippen molar-refractivity contribution in [2.24, 2.45) is 0 Å². The lowest BCUT2D eigenvalue weighted by atomic mass is 9.86. The Morgan fingerprint density at radius 2 is 1.92 bits per heavy atom. The molecule has 0 unspecified atom stereocenters. The number of carboxylic acids is 1. The van der Waals surface area contributed by atoms with Crippen molar-refractivity contribution in [3.8, 4) is 0 Å². The van der Waals surface area contributed by atoms with Gasteiger partial charge in [0.2, 0.25) is 0 Å². The normalized spacial score (nSPS) is 19.4. The summed E-state index contributed by atoms with van der Waals surface area (Å²) < 4.78 is 5.29. The van der Waals surface area contributed by atoms with E-state index in [9.17, 15) is 14.4 Å². The number of nitrogens with zero attached hydrogens (tertiary/aromatic N) is 1. The van der Waals surface area contributed by atoms with E-state index in [4.69, 9.17) is 9.84 Å². The van der Waals surface area contributed by atoms with Gasteiger partial charge < -0.3 is 20.5 Å². The van der Waals surface area contributed by atoms with Gasteiger partial charge in [0.05, 0.1) is 12.0 Å². The van der Waals surface area contributed by atoms with Gasteiger partial charge >= 0.3 is 12.0 Å². The maximum atomic E-state index is 12.6. The molecule has 1 aromatic rings. The van der Waals surface area contributed by atoms with Crippen LogP contribution in [0.15, 0.2) is 24.3 Å². The van der Waals surface area contributed by atoms with Crippen molar-refractivity contribution in [2.75, 3.05) is 31.2 Å². The average molecular weight is 347 g/mol. The van der Waals surface area contributed by atoms with E-state index in [0.717, 1.165) is 5.69 Å². The predicted octanol–water partition coefficient (Wildman–Crippen LogP) is 0.970. The minimum atomic E-state index is -0.947. The van der Waals surface area contributed by atoms with Crippen molar-refractivity contribution >= 4 is 23.6 Å². The quantitative estimate of drug-likeness (QED) is 0.735. The molecule has 0 saturated carbocycles. The zero-order chi connectivity index (χ0) is 17.9.